The van der Waals surface area contributed by atoms with Crippen molar-refractivity contribution in [2.45, 2.75) is 20.0 Å². The third-order valence-corrected chi connectivity index (χ3v) is 2.96. The van der Waals surface area contributed by atoms with Crippen molar-refractivity contribution in [3.8, 4) is 11.5 Å². The Hall–Kier alpha value is -2.00. The highest BCUT2D eigenvalue weighted by atomic mass is 35.5. The number of ether oxygens (including phenoxy) is 2. The van der Waals surface area contributed by atoms with E-state index in [2.05, 4.69) is 0 Å². The molecule has 21 heavy (non-hydrogen) atoms. The summed E-state index contributed by atoms with van der Waals surface area (Å²) >= 11 is 5.79. The quantitative estimate of drug-likeness (QED) is 0.743. The number of Topliss-reactive ketones (excluding diaryl/α,β-unsaturated/α-hetero) is 1. The van der Waals surface area contributed by atoms with E-state index < -0.39 is 0 Å². The Bertz CT molecular complexity index is 606. The number of carbonyl (C=O) groups is 1. The molecular weight excluding hydrogens is 288 g/mol. The lowest BCUT2D eigenvalue weighted by Crippen LogP contribution is -2.12. The van der Waals surface area contributed by atoms with Gasteiger partial charge in [0.25, 0.3) is 0 Å². The first-order valence-electron chi connectivity index (χ1n) is 6.73. The van der Waals surface area contributed by atoms with Gasteiger partial charge in [-0.05, 0) is 50.2 Å². The van der Waals surface area contributed by atoms with Crippen molar-refractivity contribution < 1.29 is 14.3 Å². The maximum atomic E-state index is 12.1. The van der Waals surface area contributed by atoms with Crippen LogP contribution in [0.2, 0.25) is 5.02 Å². The highest BCUT2D eigenvalue weighted by molar-refractivity contribution is 6.30. The second kappa shape index (κ2) is 7.14. The standard InChI is InChI=1S/C17H17ClO3/c1-12(2)21-16-5-3-4-13(10-16)17(19)11-20-15-8-6-14(18)7-9-15/h3-10,12H,11H2,1-2H3. The molecule has 0 fully saturated rings. The van der Waals surface area contributed by atoms with Crippen LogP contribution < -0.4 is 9.47 Å². The lowest BCUT2D eigenvalue weighted by molar-refractivity contribution is 0.0921. The zero-order chi connectivity index (χ0) is 15.2. The Kier molecular flexibility index (Phi) is 5.23. The van der Waals surface area contributed by atoms with Crippen molar-refractivity contribution in [1.29, 1.82) is 0 Å². The second-order valence-corrected chi connectivity index (χ2v) is 5.30. The smallest absolute Gasteiger partial charge is 0.200 e. The summed E-state index contributed by atoms with van der Waals surface area (Å²) < 4.78 is 11.0. The van der Waals surface area contributed by atoms with Crippen LogP contribution in [0.5, 0.6) is 11.5 Å². The van der Waals surface area contributed by atoms with E-state index in [9.17, 15) is 4.79 Å². The molecule has 110 valence electrons. The molecule has 0 atom stereocenters. The Morgan fingerprint density at radius 1 is 1.10 bits per heavy atom. The predicted octanol–water partition coefficient (Wildman–Crippen LogP) is 4.39. The zero-order valence-electron chi connectivity index (χ0n) is 12.0. The maximum absolute atomic E-state index is 12.1. The molecule has 3 nitrogen and oxygen atoms in total. The van der Waals surface area contributed by atoms with Crippen molar-refractivity contribution in [2.75, 3.05) is 6.61 Å². The van der Waals surface area contributed by atoms with Gasteiger partial charge in [-0.1, -0.05) is 23.7 Å². The number of benzene rings is 2. The molecule has 4 heteroatoms. The molecule has 0 saturated heterocycles. The van der Waals surface area contributed by atoms with Crippen LogP contribution in [-0.4, -0.2) is 18.5 Å². The van der Waals surface area contributed by atoms with Crippen molar-refractivity contribution in [3.63, 3.8) is 0 Å². The van der Waals surface area contributed by atoms with Gasteiger partial charge in [0, 0.05) is 10.6 Å². The molecule has 2 aromatic rings. The van der Waals surface area contributed by atoms with E-state index >= 15 is 0 Å². The van der Waals surface area contributed by atoms with E-state index in [1.807, 2.05) is 19.9 Å². The lowest BCUT2D eigenvalue weighted by atomic mass is 10.1. The molecule has 0 spiro atoms. The highest BCUT2D eigenvalue weighted by Crippen LogP contribution is 2.18. The van der Waals surface area contributed by atoms with Gasteiger partial charge >= 0.3 is 0 Å². The summed E-state index contributed by atoms with van der Waals surface area (Å²) in [6, 6.07) is 14.0. The van der Waals surface area contributed by atoms with Gasteiger partial charge in [-0.3, -0.25) is 4.79 Å². The predicted molar refractivity (Wildman–Crippen MR) is 83.5 cm³/mol. The summed E-state index contributed by atoms with van der Waals surface area (Å²) in [5.74, 6) is 1.20. The molecule has 0 bridgehead atoms. The number of ketones is 1. The van der Waals surface area contributed by atoms with E-state index in [0.29, 0.717) is 22.1 Å². The normalized spacial score (nSPS) is 10.5. The molecule has 0 radical (unpaired) electrons. The van der Waals surface area contributed by atoms with Gasteiger partial charge in [0.2, 0.25) is 0 Å². The molecule has 0 aliphatic heterocycles. The molecule has 0 heterocycles. The largest absolute Gasteiger partial charge is 0.491 e. The molecule has 0 amide bonds. The van der Waals surface area contributed by atoms with Crippen LogP contribution >= 0.6 is 11.6 Å². The molecule has 0 saturated carbocycles. The van der Waals surface area contributed by atoms with Crippen LogP contribution in [0.4, 0.5) is 0 Å². The third-order valence-electron chi connectivity index (χ3n) is 2.71. The van der Waals surface area contributed by atoms with Crippen LogP contribution in [0.25, 0.3) is 0 Å². The topological polar surface area (TPSA) is 35.5 Å². The maximum Gasteiger partial charge on any atom is 0.200 e. The first-order chi connectivity index (χ1) is 10.0. The van der Waals surface area contributed by atoms with Crippen LogP contribution in [0.3, 0.4) is 0 Å². The summed E-state index contributed by atoms with van der Waals surface area (Å²) in [6.45, 7) is 3.86. The third kappa shape index (κ3) is 4.80. The minimum atomic E-state index is -0.0980. The molecule has 0 aliphatic carbocycles. The Balaban J connectivity index is 1.98. The Labute approximate surface area is 129 Å². The molecular formula is C17H17ClO3. The van der Waals surface area contributed by atoms with E-state index in [0.717, 1.165) is 0 Å². The number of carbonyl (C=O) groups excluding carboxylic acids is 1. The zero-order valence-corrected chi connectivity index (χ0v) is 12.8. The fourth-order valence-corrected chi connectivity index (χ4v) is 1.90. The van der Waals surface area contributed by atoms with Gasteiger partial charge in [0.15, 0.2) is 12.4 Å². The lowest BCUT2D eigenvalue weighted by Gasteiger charge is -2.11. The average molecular weight is 305 g/mol. The van der Waals surface area contributed by atoms with Crippen molar-refractivity contribution in [3.05, 3.63) is 59.1 Å². The van der Waals surface area contributed by atoms with Crippen LogP contribution in [0.1, 0.15) is 24.2 Å². The first-order valence-corrected chi connectivity index (χ1v) is 7.10. The van der Waals surface area contributed by atoms with Gasteiger partial charge in [-0.15, -0.1) is 0 Å². The molecule has 2 rings (SSSR count). The van der Waals surface area contributed by atoms with E-state index in [-0.39, 0.29) is 18.5 Å². The molecule has 0 N–H and O–H groups in total. The van der Waals surface area contributed by atoms with Gasteiger partial charge in [0.05, 0.1) is 6.10 Å². The minimum absolute atomic E-state index is 0.0211. The molecule has 0 aromatic heterocycles. The number of hydrogen-bond acceptors (Lipinski definition) is 3. The molecule has 0 unspecified atom stereocenters. The van der Waals surface area contributed by atoms with Gasteiger partial charge in [0.1, 0.15) is 11.5 Å². The molecule has 0 aliphatic rings. The van der Waals surface area contributed by atoms with Gasteiger partial charge in [-0.2, -0.15) is 0 Å². The average Bonchev–Trinajstić information content (AvgIpc) is 2.46. The Morgan fingerprint density at radius 3 is 2.48 bits per heavy atom. The summed E-state index contributed by atoms with van der Waals surface area (Å²) in [5.41, 5.74) is 0.571. The van der Waals surface area contributed by atoms with E-state index in [1.165, 1.54) is 0 Å². The van der Waals surface area contributed by atoms with Crippen LogP contribution in [0, 0.1) is 0 Å². The van der Waals surface area contributed by atoms with E-state index in [1.54, 1.807) is 42.5 Å². The fraction of sp³-hybridized carbons (Fsp3) is 0.235. The first kappa shape index (κ1) is 15.4. The summed E-state index contributed by atoms with van der Waals surface area (Å²) in [6.07, 6.45) is 0.0701. The fourth-order valence-electron chi connectivity index (χ4n) is 1.78. The van der Waals surface area contributed by atoms with Crippen LogP contribution in [-0.2, 0) is 0 Å². The summed E-state index contributed by atoms with van der Waals surface area (Å²) in [5, 5.41) is 0.632. The number of hydrogen-bond donors (Lipinski definition) is 0. The summed E-state index contributed by atoms with van der Waals surface area (Å²) in [7, 11) is 0. The SMILES string of the molecule is CC(C)Oc1cccc(C(=O)COc2ccc(Cl)cc2)c1. The Morgan fingerprint density at radius 2 is 1.81 bits per heavy atom. The number of halogens is 1. The van der Waals surface area contributed by atoms with Crippen LogP contribution in [0.15, 0.2) is 48.5 Å². The van der Waals surface area contributed by atoms with E-state index in [4.69, 9.17) is 21.1 Å². The van der Waals surface area contributed by atoms with Crippen molar-refractivity contribution in [1.82, 2.24) is 0 Å². The van der Waals surface area contributed by atoms with Crippen molar-refractivity contribution in [2.24, 2.45) is 0 Å². The van der Waals surface area contributed by atoms with Gasteiger partial charge in [-0.25, -0.2) is 0 Å². The molecule has 2 aromatic carbocycles. The minimum Gasteiger partial charge on any atom is -0.491 e. The monoisotopic (exact) mass is 304 g/mol. The summed E-state index contributed by atoms with van der Waals surface area (Å²) in [4.78, 5) is 12.1. The second-order valence-electron chi connectivity index (χ2n) is 4.86. The van der Waals surface area contributed by atoms with Crippen molar-refractivity contribution >= 4 is 17.4 Å². The number of rotatable bonds is 6. The van der Waals surface area contributed by atoms with Gasteiger partial charge < -0.3 is 9.47 Å². The highest BCUT2D eigenvalue weighted by Gasteiger charge is 2.09.